The molecule has 10 heteroatoms. The number of fused-ring (bicyclic) bond motifs is 1. The number of rotatable bonds is 4. The number of hydrogen-bond acceptors (Lipinski definition) is 5. The van der Waals surface area contributed by atoms with Gasteiger partial charge in [0.2, 0.25) is 0 Å². The quantitative estimate of drug-likeness (QED) is 0.655. The van der Waals surface area contributed by atoms with Crippen LogP contribution in [0.25, 0.3) is 0 Å². The Labute approximate surface area is 189 Å². The lowest BCUT2D eigenvalue weighted by Crippen LogP contribution is -2.37. The summed E-state index contributed by atoms with van der Waals surface area (Å²) in [7, 11) is -1.63. The number of sulfone groups is 1. The maximum absolute atomic E-state index is 12.7. The molecule has 0 spiro atoms. The summed E-state index contributed by atoms with van der Waals surface area (Å²) < 4.78 is 29.6. The molecule has 2 aliphatic rings. The monoisotopic (exact) mass is 484 g/mol. The molecule has 2 saturated heterocycles. The van der Waals surface area contributed by atoms with Crippen LogP contribution in [-0.2, 0) is 21.1 Å². The summed E-state index contributed by atoms with van der Waals surface area (Å²) in [6.45, 7) is 0. The molecule has 158 valence electrons. The highest BCUT2D eigenvalue weighted by Gasteiger charge is 2.49. The summed E-state index contributed by atoms with van der Waals surface area (Å²) in [5.74, 6) is 0.223. The fourth-order valence-corrected chi connectivity index (χ4v) is 8.01. The average molecular weight is 485 g/mol. The van der Waals surface area contributed by atoms with Crippen LogP contribution in [0.1, 0.15) is 5.56 Å². The van der Waals surface area contributed by atoms with Gasteiger partial charge in [-0.2, -0.15) is 4.99 Å². The van der Waals surface area contributed by atoms with E-state index in [9.17, 15) is 13.2 Å². The van der Waals surface area contributed by atoms with E-state index in [0.717, 1.165) is 0 Å². The van der Waals surface area contributed by atoms with Crippen molar-refractivity contribution in [3.63, 3.8) is 0 Å². The molecule has 0 bridgehead atoms. The van der Waals surface area contributed by atoms with Gasteiger partial charge in [-0.15, -0.1) is 0 Å². The number of methoxy groups -OCH3 is 1. The highest BCUT2D eigenvalue weighted by molar-refractivity contribution is 8.16. The van der Waals surface area contributed by atoms with Crippen LogP contribution in [0.5, 0.6) is 5.75 Å². The Balaban J connectivity index is 1.67. The van der Waals surface area contributed by atoms with Crippen molar-refractivity contribution in [2.45, 2.75) is 17.7 Å². The second-order valence-corrected chi connectivity index (χ2v) is 11.2. The van der Waals surface area contributed by atoms with Crippen LogP contribution in [0.15, 0.2) is 47.5 Å². The van der Waals surface area contributed by atoms with Crippen molar-refractivity contribution in [1.29, 1.82) is 0 Å². The molecule has 2 aromatic carbocycles. The number of halogens is 2. The molecule has 2 aromatic rings. The minimum Gasteiger partial charge on any atom is -0.495 e. The zero-order valence-corrected chi connectivity index (χ0v) is 19.1. The highest BCUT2D eigenvalue weighted by atomic mass is 35.5. The van der Waals surface area contributed by atoms with E-state index in [2.05, 4.69) is 4.99 Å². The van der Waals surface area contributed by atoms with E-state index in [-0.39, 0.29) is 35.1 Å². The first-order valence-corrected chi connectivity index (χ1v) is 12.6. The van der Waals surface area contributed by atoms with E-state index in [1.807, 2.05) is 6.07 Å². The maximum atomic E-state index is 12.7. The first-order chi connectivity index (χ1) is 14.3. The van der Waals surface area contributed by atoms with Gasteiger partial charge in [-0.25, -0.2) is 8.42 Å². The number of benzene rings is 2. The molecule has 2 aliphatic heterocycles. The third-order valence-electron chi connectivity index (χ3n) is 5.00. The predicted octanol–water partition coefficient (Wildman–Crippen LogP) is 3.85. The van der Waals surface area contributed by atoms with Gasteiger partial charge >= 0.3 is 0 Å². The summed E-state index contributed by atoms with van der Waals surface area (Å²) in [4.78, 5) is 18.8. The number of hydrogen-bond donors (Lipinski definition) is 0. The molecule has 6 nitrogen and oxygen atoms in total. The summed E-state index contributed by atoms with van der Waals surface area (Å²) in [6.07, 6.45) is 0.0641. The summed E-state index contributed by atoms with van der Waals surface area (Å²) in [6, 6.07) is 12.0. The average Bonchev–Trinajstić information content (AvgIpc) is 3.14. The molecule has 4 rings (SSSR count). The number of aliphatic imine (C=N–C) groups is 1. The van der Waals surface area contributed by atoms with E-state index in [4.69, 9.17) is 27.9 Å². The van der Waals surface area contributed by atoms with E-state index in [1.165, 1.54) is 18.9 Å². The van der Waals surface area contributed by atoms with Crippen molar-refractivity contribution in [3.05, 3.63) is 58.1 Å². The molecule has 2 atom stereocenters. The number of carbonyl (C=O) groups excluding carboxylic acids is 1. The van der Waals surface area contributed by atoms with Gasteiger partial charge < -0.3 is 9.64 Å². The number of amidine groups is 1. The Morgan fingerprint density at radius 2 is 1.97 bits per heavy atom. The summed E-state index contributed by atoms with van der Waals surface area (Å²) in [5, 5.41) is 1.18. The fraction of sp³-hybridized carbons (Fsp3) is 0.300. The second-order valence-electron chi connectivity index (χ2n) is 7.05. The standard InChI is InChI=1S/C20H18Cl2N2O4S2/c1-28-17-7-6-13(9-15(17)22)24-16-10-30(26,27)11-18(16)29-20(24)23-19(25)8-12-4-2-3-5-14(12)21/h2-7,9,16,18H,8,10-11H2,1H3/t16-,18-/m1/s1. The van der Waals surface area contributed by atoms with Crippen LogP contribution in [0.3, 0.4) is 0 Å². The van der Waals surface area contributed by atoms with Gasteiger partial charge in [-0.1, -0.05) is 53.2 Å². The molecule has 1 amide bonds. The molecule has 2 heterocycles. The van der Waals surface area contributed by atoms with Crippen LogP contribution in [0.4, 0.5) is 5.69 Å². The lowest BCUT2D eigenvalue weighted by molar-refractivity contribution is -0.117. The van der Waals surface area contributed by atoms with Crippen molar-refractivity contribution in [1.82, 2.24) is 0 Å². The van der Waals surface area contributed by atoms with Crippen LogP contribution >= 0.6 is 35.0 Å². The lowest BCUT2D eigenvalue weighted by atomic mass is 10.1. The fourth-order valence-electron chi connectivity index (χ4n) is 3.62. The largest absolute Gasteiger partial charge is 0.495 e. The summed E-state index contributed by atoms with van der Waals surface area (Å²) >= 11 is 13.8. The topological polar surface area (TPSA) is 76.0 Å². The van der Waals surface area contributed by atoms with Crippen molar-refractivity contribution in [2.75, 3.05) is 23.5 Å². The minimum atomic E-state index is -3.15. The van der Waals surface area contributed by atoms with Crippen LogP contribution in [0.2, 0.25) is 10.0 Å². The van der Waals surface area contributed by atoms with Gasteiger partial charge in [-0.05, 0) is 29.8 Å². The van der Waals surface area contributed by atoms with E-state index < -0.39 is 9.84 Å². The molecule has 30 heavy (non-hydrogen) atoms. The van der Waals surface area contributed by atoms with Gasteiger partial charge in [0.15, 0.2) is 15.0 Å². The Morgan fingerprint density at radius 3 is 2.67 bits per heavy atom. The first kappa shape index (κ1) is 21.5. The molecular weight excluding hydrogens is 467 g/mol. The molecule has 2 fully saturated rings. The smallest absolute Gasteiger partial charge is 0.252 e. The number of ether oxygens (including phenoxy) is 1. The van der Waals surface area contributed by atoms with E-state index >= 15 is 0 Å². The number of anilines is 1. The molecule has 0 aliphatic carbocycles. The van der Waals surface area contributed by atoms with Gasteiger partial charge in [0.1, 0.15) is 5.75 Å². The summed E-state index contributed by atoms with van der Waals surface area (Å²) in [5.41, 5.74) is 1.36. The van der Waals surface area contributed by atoms with Crippen molar-refractivity contribution < 1.29 is 17.9 Å². The molecule has 0 unspecified atom stereocenters. The Morgan fingerprint density at radius 1 is 1.20 bits per heavy atom. The Hall–Kier alpha value is -1.74. The van der Waals surface area contributed by atoms with Crippen LogP contribution in [0, 0.1) is 0 Å². The Bertz CT molecular complexity index is 1140. The zero-order valence-electron chi connectivity index (χ0n) is 15.9. The zero-order chi connectivity index (χ0) is 21.5. The van der Waals surface area contributed by atoms with E-state index in [0.29, 0.717) is 32.2 Å². The van der Waals surface area contributed by atoms with Crippen LogP contribution < -0.4 is 9.64 Å². The molecule has 0 radical (unpaired) electrons. The molecular formula is C20H18Cl2N2O4S2. The second kappa shape index (κ2) is 8.42. The van der Waals surface area contributed by atoms with Crippen molar-refractivity contribution in [2.24, 2.45) is 4.99 Å². The minimum absolute atomic E-state index is 0.00599. The molecule has 0 saturated carbocycles. The molecule has 0 aromatic heterocycles. The third-order valence-corrected chi connectivity index (χ3v) is 8.87. The number of thioether (sulfide) groups is 1. The van der Waals surface area contributed by atoms with Gasteiger partial charge in [0.05, 0.1) is 36.1 Å². The third kappa shape index (κ3) is 4.32. The van der Waals surface area contributed by atoms with Crippen LogP contribution in [-0.4, -0.2) is 49.4 Å². The van der Waals surface area contributed by atoms with E-state index in [1.54, 1.807) is 41.3 Å². The van der Waals surface area contributed by atoms with Gasteiger partial charge in [0, 0.05) is 16.0 Å². The lowest BCUT2D eigenvalue weighted by Gasteiger charge is -2.25. The SMILES string of the molecule is COc1ccc(N2C(=NC(=O)Cc3ccccc3Cl)S[C@@H]3CS(=O)(=O)C[C@H]32)cc1Cl. The van der Waals surface area contributed by atoms with Gasteiger partial charge in [-0.3, -0.25) is 4.79 Å². The molecule has 0 N–H and O–H groups in total. The number of amides is 1. The van der Waals surface area contributed by atoms with Crippen molar-refractivity contribution >= 4 is 61.6 Å². The number of nitrogens with zero attached hydrogens (tertiary/aromatic N) is 2. The normalized spacial score (nSPS) is 23.6. The van der Waals surface area contributed by atoms with Crippen molar-refractivity contribution in [3.8, 4) is 5.75 Å². The maximum Gasteiger partial charge on any atom is 0.252 e. The predicted molar refractivity (Wildman–Crippen MR) is 122 cm³/mol. The highest BCUT2D eigenvalue weighted by Crippen LogP contribution is 2.42. The number of carbonyl (C=O) groups is 1. The first-order valence-electron chi connectivity index (χ1n) is 9.12. The Kier molecular flexibility index (Phi) is 6.03. The van der Waals surface area contributed by atoms with Gasteiger partial charge in [0.25, 0.3) is 5.91 Å².